The Morgan fingerprint density at radius 2 is 1.79 bits per heavy atom. The van der Waals surface area contributed by atoms with Crippen LogP contribution in [-0.4, -0.2) is 24.8 Å². The third-order valence-corrected chi connectivity index (χ3v) is 6.74. The maximum atomic E-state index is 12.1. The van der Waals surface area contributed by atoms with Gasteiger partial charge in [-0.1, -0.05) is 6.07 Å². The lowest BCUT2D eigenvalue weighted by molar-refractivity contribution is -0.00564. The maximum absolute atomic E-state index is 12.1. The number of hydrogen-bond acceptors (Lipinski definition) is 3. The highest BCUT2D eigenvalue weighted by Crippen LogP contribution is 2.61. The van der Waals surface area contributed by atoms with Crippen LogP contribution in [0.2, 0.25) is 0 Å². The van der Waals surface area contributed by atoms with Crippen LogP contribution in [0.15, 0.2) is 18.2 Å². The van der Waals surface area contributed by atoms with Crippen LogP contribution in [0.5, 0.6) is 0 Å². The van der Waals surface area contributed by atoms with Crippen molar-refractivity contribution < 1.29 is 14.6 Å². The van der Waals surface area contributed by atoms with Gasteiger partial charge in [0.1, 0.15) is 0 Å². The Kier molecular flexibility index (Phi) is 4.16. The summed E-state index contributed by atoms with van der Waals surface area (Å²) in [6.07, 6.45) is 9.80. The fourth-order valence-corrected chi connectivity index (χ4v) is 6.24. The first-order chi connectivity index (χ1) is 11.6. The molecule has 0 heterocycles. The first-order valence-corrected chi connectivity index (χ1v) is 9.46. The van der Waals surface area contributed by atoms with E-state index in [1.165, 1.54) is 56.8 Å². The molecule has 4 fully saturated rings. The Hall–Kier alpha value is -1.35. The van der Waals surface area contributed by atoms with Crippen molar-refractivity contribution in [2.24, 2.45) is 17.8 Å². The molecule has 0 atom stereocenters. The number of benzene rings is 1. The first kappa shape index (κ1) is 16.1. The highest BCUT2D eigenvalue weighted by molar-refractivity contribution is 5.89. The van der Waals surface area contributed by atoms with Gasteiger partial charge < -0.3 is 9.84 Å². The molecule has 1 aromatic carbocycles. The summed E-state index contributed by atoms with van der Waals surface area (Å²) in [6, 6.07) is 6.12. The van der Waals surface area contributed by atoms with Crippen molar-refractivity contribution in [1.29, 1.82) is 0 Å². The van der Waals surface area contributed by atoms with Crippen molar-refractivity contribution in [2.45, 2.75) is 56.8 Å². The van der Waals surface area contributed by atoms with Gasteiger partial charge in [-0.2, -0.15) is 0 Å². The molecule has 4 saturated carbocycles. The van der Waals surface area contributed by atoms with E-state index < -0.39 is 0 Å². The van der Waals surface area contributed by atoms with E-state index in [9.17, 15) is 9.90 Å². The molecule has 5 rings (SSSR count). The van der Waals surface area contributed by atoms with Crippen molar-refractivity contribution in [1.82, 2.24) is 0 Å². The van der Waals surface area contributed by atoms with E-state index in [1.54, 1.807) is 0 Å². The molecule has 3 nitrogen and oxygen atoms in total. The molecule has 0 radical (unpaired) electrons. The zero-order valence-corrected chi connectivity index (χ0v) is 14.6. The monoisotopic (exact) mass is 328 g/mol. The lowest BCUT2D eigenvalue weighted by atomic mass is 9.47. The van der Waals surface area contributed by atoms with Crippen LogP contribution >= 0.6 is 0 Å². The molecule has 24 heavy (non-hydrogen) atoms. The summed E-state index contributed by atoms with van der Waals surface area (Å²) >= 11 is 0. The van der Waals surface area contributed by atoms with Crippen molar-refractivity contribution in [3.8, 4) is 0 Å². The van der Waals surface area contributed by atoms with Gasteiger partial charge in [-0.05, 0) is 97.8 Å². The molecule has 4 aliphatic rings. The summed E-state index contributed by atoms with van der Waals surface area (Å²) in [5, 5.41) is 9.26. The number of aryl methyl sites for hydroxylation is 1. The van der Waals surface area contributed by atoms with Crippen molar-refractivity contribution >= 4 is 5.97 Å². The second kappa shape index (κ2) is 6.18. The third kappa shape index (κ3) is 2.67. The van der Waals surface area contributed by atoms with Crippen LogP contribution in [0, 0.1) is 17.8 Å². The molecule has 0 spiro atoms. The predicted octanol–water partition coefficient (Wildman–Crippen LogP) is 3.87. The van der Waals surface area contributed by atoms with E-state index in [4.69, 9.17) is 4.74 Å². The fourth-order valence-electron chi connectivity index (χ4n) is 6.24. The van der Waals surface area contributed by atoms with Crippen LogP contribution in [0.3, 0.4) is 0 Å². The van der Waals surface area contributed by atoms with Gasteiger partial charge in [0.05, 0.1) is 12.7 Å². The number of esters is 1. The molecule has 1 aromatic rings. The molecule has 0 unspecified atom stereocenters. The molecular formula is C21H28O3. The van der Waals surface area contributed by atoms with E-state index >= 15 is 0 Å². The minimum Gasteiger partial charge on any atom is -0.465 e. The summed E-state index contributed by atoms with van der Waals surface area (Å²) in [5.41, 5.74) is 3.66. The van der Waals surface area contributed by atoms with Crippen LogP contribution in [0.25, 0.3) is 0 Å². The summed E-state index contributed by atoms with van der Waals surface area (Å²) in [6.45, 7) is 0.221. The minimum atomic E-state index is -0.241. The molecule has 0 aromatic heterocycles. The SMILES string of the molecule is COC(=O)c1ccc(CCCO)c(C23CC4CC(CC(C4)C2)C3)c1. The highest BCUT2D eigenvalue weighted by Gasteiger charge is 2.52. The van der Waals surface area contributed by atoms with Crippen molar-refractivity contribution in [3.63, 3.8) is 0 Å². The standard InChI is InChI=1S/C21H28O3/c1-24-20(23)18-5-4-17(3-2-6-22)19(10-18)21-11-14-7-15(12-21)9-16(8-14)13-21/h4-5,10,14-16,22H,2-3,6-9,11-13H2,1H3. The summed E-state index contributed by atoms with van der Waals surface area (Å²) < 4.78 is 4.95. The van der Waals surface area contributed by atoms with Crippen LogP contribution < -0.4 is 0 Å². The van der Waals surface area contributed by atoms with E-state index in [1.807, 2.05) is 6.07 Å². The number of carbonyl (C=O) groups excluding carboxylic acids is 1. The Morgan fingerprint density at radius 1 is 1.17 bits per heavy atom. The average Bonchev–Trinajstić information content (AvgIpc) is 2.58. The largest absolute Gasteiger partial charge is 0.465 e. The lowest BCUT2D eigenvalue weighted by Gasteiger charge is -2.57. The van der Waals surface area contributed by atoms with Crippen molar-refractivity contribution in [2.75, 3.05) is 13.7 Å². The van der Waals surface area contributed by atoms with Gasteiger partial charge in [0, 0.05) is 6.61 Å². The zero-order valence-electron chi connectivity index (χ0n) is 14.6. The number of hydrogen-bond donors (Lipinski definition) is 1. The van der Waals surface area contributed by atoms with Crippen LogP contribution in [0.1, 0.15) is 66.4 Å². The zero-order chi connectivity index (χ0) is 16.7. The molecule has 0 amide bonds. The second-order valence-corrected chi connectivity index (χ2v) is 8.39. The maximum Gasteiger partial charge on any atom is 0.337 e. The quantitative estimate of drug-likeness (QED) is 0.835. The van der Waals surface area contributed by atoms with Crippen LogP contribution in [0.4, 0.5) is 0 Å². The Bertz CT molecular complexity index is 599. The Labute approximate surface area is 144 Å². The molecule has 1 N–H and O–H groups in total. The molecule has 0 aliphatic heterocycles. The minimum absolute atomic E-state index is 0.221. The average molecular weight is 328 g/mol. The molecule has 130 valence electrons. The molecule has 4 aliphatic carbocycles. The van der Waals surface area contributed by atoms with Gasteiger partial charge in [0.25, 0.3) is 0 Å². The number of methoxy groups -OCH3 is 1. The van der Waals surface area contributed by atoms with Gasteiger partial charge in [-0.25, -0.2) is 4.79 Å². The Morgan fingerprint density at radius 3 is 2.33 bits per heavy atom. The lowest BCUT2D eigenvalue weighted by Crippen LogP contribution is -2.49. The first-order valence-electron chi connectivity index (χ1n) is 9.46. The smallest absolute Gasteiger partial charge is 0.337 e. The molecular weight excluding hydrogens is 300 g/mol. The van der Waals surface area contributed by atoms with Gasteiger partial charge >= 0.3 is 5.97 Å². The number of carbonyl (C=O) groups is 1. The summed E-state index contributed by atoms with van der Waals surface area (Å²) in [4.78, 5) is 12.1. The summed E-state index contributed by atoms with van der Waals surface area (Å²) in [7, 11) is 1.45. The van der Waals surface area contributed by atoms with Crippen LogP contribution in [-0.2, 0) is 16.6 Å². The van der Waals surface area contributed by atoms with Crippen molar-refractivity contribution in [3.05, 3.63) is 34.9 Å². The molecule has 0 saturated heterocycles. The van der Waals surface area contributed by atoms with Gasteiger partial charge in [0.2, 0.25) is 0 Å². The van der Waals surface area contributed by atoms with E-state index in [0.29, 0.717) is 5.56 Å². The van der Waals surface area contributed by atoms with E-state index in [-0.39, 0.29) is 18.0 Å². The number of rotatable bonds is 5. The van der Waals surface area contributed by atoms with Gasteiger partial charge in [0.15, 0.2) is 0 Å². The normalized spacial score (nSPS) is 33.7. The van der Waals surface area contributed by atoms with Gasteiger partial charge in [-0.3, -0.25) is 0 Å². The molecule has 4 bridgehead atoms. The van der Waals surface area contributed by atoms with E-state index in [0.717, 1.165) is 30.6 Å². The second-order valence-electron chi connectivity index (χ2n) is 8.39. The number of aliphatic hydroxyl groups excluding tert-OH is 1. The summed E-state index contributed by atoms with van der Waals surface area (Å²) in [5.74, 6) is 2.39. The fraction of sp³-hybridized carbons (Fsp3) is 0.667. The predicted molar refractivity (Wildman–Crippen MR) is 93.0 cm³/mol. The van der Waals surface area contributed by atoms with Gasteiger partial charge in [-0.15, -0.1) is 0 Å². The topological polar surface area (TPSA) is 46.5 Å². The molecule has 3 heteroatoms. The number of aliphatic hydroxyl groups is 1. The van der Waals surface area contributed by atoms with E-state index in [2.05, 4.69) is 12.1 Å². The number of ether oxygens (including phenoxy) is 1. The third-order valence-electron chi connectivity index (χ3n) is 6.74. The Balaban J connectivity index is 1.75. The highest BCUT2D eigenvalue weighted by atomic mass is 16.5.